The highest BCUT2D eigenvalue weighted by Gasteiger charge is 2.10. The van der Waals surface area contributed by atoms with Gasteiger partial charge in [0.25, 0.3) is 0 Å². The van der Waals surface area contributed by atoms with Gasteiger partial charge in [-0.15, -0.1) is 11.6 Å². The van der Waals surface area contributed by atoms with E-state index < -0.39 is 10.8 Å². The van der Waals surface area contributed by atoms with Crippen LogP contribution in [-0.4, -0.2) is 31.6 Å². The molecule has 0 amide bonds. The fourth-order valence-electron chi connectivity index (χ4n) is 2.23. The third kappa shape index (κ3) is 3.57. The van der Waals surface area contributed by atoms with Crippen LogP contribution in [0.5, 0.6) is 0 Å². The topological polar surface area (TPSA) is 34.9 Å². The largest absolute Gasteiger partial charge is 0.328 e. The predicted molar refractivity (Wildman–Crippen MR) is 82.4 cm³/mol. The van der Waals surface area contributed by atoms with Gasteiger partial charge in [0.1, 0.15) is 5.82 Å². The van der Waals surface area contributed by atoms with Gasteiger partial charge in [0, 0.05) is 41.7 Å². The van der Waals surface area contributed by atoms with Gasteiger partial charge in [-0.05, 0) is 31.0 Å². The summed E-state index contributed by atoms with van der Waals surface area (Å²) in [7, 11) is -0.735. The monoisotopic (exact) mass is 298 g/mol. The highest BCUT2D eigenvalue weighted by Crippen LogP contribution is 2.19. The summed E-state index contributed by atoms with van der Waals surface area (Å²) in [5.41, 5.74) is 3.40. The molecule has 2 rings (SSSR count). The molecule has 1 aromatic heterocycles. The molecule has 1 atom stereocenters. The normalized spacial score (nSPS) is 13.0. The quantitative estimate of drug-likeness (QED) is 0.769. The first-order valence-electron chi connectivity index (χ1n) is 6.43. The van der Waals surface area contributed by atoms with E-state index in [0.717, 1.165) is 42.0 Å². The van der Waals surface area contributed by atoms with Gasteiger partial charge in [0.2, 0.25) is 0 Å². The number of aromatic nitrogens is 2. The second kappa shape index (κ2) is 6.53. The Morgan fingerprint density at radius 3 is 2.89 bits per heavy atom. The maximum Gasteiger partial charge on any atom is 0.111 e. The van der Waals surface area contributed by atoms with Gasteiger partial charge in [-0.2, -0.15) is 0 Å². The molecule has 0 fully saturated rings. The number of aryl methyl sites for hydroxylation is 3. The van der Waals surface area contributed by atoms with Crippen LogP contribution in [0.2, 0.25) is 0 Å². The Kier molecular flexibility index (Phi) is 4.99. The van der Waals surface area contributed by atoms with Crippen molar-refractivity contribution in [2.75, 3.05) is 17.9 Å². The molecule has 0 aliphatic heterocycles. The summed E-state index contributed by atoms with van der Waals surface area (Å²) >= 11 is 5.85. The van der Waals surface area contributed by atoms with Gasteiger partial charge in [0.05, 0.1) is 11.0 Å². The summed E-state index contributed by atoms with van der Waals surface area (Å²) in [6.45, 7) is 2.94. The van der Waals surface area contributed by atoms with Crippen LogP contribution < -0.4 is 0 Å². The molecule has 1 heterocycles. The smallest absolute Gasteiger partial charge is 0.111 e. The van der Waals surface area contributed by atoms with Gasteiger partial charge >= 0.3 is 0 Å². The molecule has 104 valence electrons. The van der Waals surface area contributed by atoms with E-state index >= 15 is 0 Å². The van der Waals surface area contributed by atoms with E-state index in [1.807, 2.05) is 0 Å². The summed E-state index contributed by atoms with van der Waals surface area (Å²) in [5.74, 6) is 2.32. The summed E-state index contributed by atoms with van der Waals surface area (Å²) in [6.07, 6.45) is 3.41. The molecule has 0 bridgehead atoms. The van der Waals surface area contributed by atoms with Crippen LogP contribution >= 0.6 is 11.6 Å². The van der Waals surface area contributed by atoms with Crippen molar-refractivity contribution >= 4 is 33.4 Å². The molecule has 0 saturated heterocycles. The Balaban J connectivity index is 2.33. The van der Waals surface area contributed by atoms with Crippen molar-refractivity contribution in [2.45, 2.75) is 26.3 Å². The Hall–Kier alpha value is -0.870. The number of hydrogen-bond acceptors (Lipinski definition) is 2. The lowest BCUT2D eigenvalue weighted by Gasteiger charge is -2.08. The van der Waals surface area contributed by atoms with Crippen LogP contribution in [0, 0.1) is 6.92 Å². The van der Waals surface area contributed by atoms with E-state index in [1.54, 1.807) is 6.26 Å². The molecule has 0 aliphatic rings. The van der Waals surface area contributed by atoms with Crippen molar-refractivity contribution in [1.29, 1.82) is 0 Å². The van der Waals surface area contributed by atoms with Gasteiger partial charge in [0.15, 0.2) is 0 Å². The summed E-state index contributed by atoms with van der Waals surface area (Å²) in [5, 5.41) is 0. The van der Waals surface area contributed by atoms with Crippen LogP contribution in [-0.2, 0) is 23.8 Å². The van der Waals surface area contributed by atoms with Crippen LogP contribution in [0.4, 0.5) is 0 Å². The van der Waals surface area contributed by atoms with Gasteiger partial charge in [-0.25, -0.2) is 4.98 Å². The third-order valence-electron chi connectivity index (χ3n) is 3.11. The molecule has 2 aromatic rings. The zero-order valence-corrected chi connectivity index (χ0v) is 12.9. The maximum absolute atomic E-state index is 11.2. The Bertz CT molecular complexity index is 594. The standard InChI is InChI=1S/C14H19ClN2OS/c1-11-4-5-12-13(10-11)17(8-3-9-19(2)18)14(16-12)6-7-15/h4-5,10H,3,6-9H2,1-2H3. The van der Waals surface area contributed by atoms with Crippen LogP contribution in [0.15, 0.2) is 18.2 Å². The predicted octanol–water partition coefficient (Wildman–Crippen LogP) is 2.89. The summed E-state index contributed by atoms with van der Waals surface area (Å²) < 4.78 is 13.4. The molecule has 19 heavy (non-hydrogen) atoms. The Morgan fingerprint density at radius 2 is 2.21 bits per heavy atom. The number of imidazole rings is 1. The number of alkyl halides is 1. The van der Waals surface area contributed by atoms with Crippen molar-refractivity contribution in [3.63, 3.8) is 0 Å². The van der Waals surface area contributed by atoms with Gasteiger partial charge in [-0.1, -0.05) is 6.07 Å². The number of halogens is 1. The molecule has 0 N–H and O–H groups in total. The van der Waals surface area contributed by atoms with Crippen molar-refractivity contribution in [3.8, 4) is 0 Å². The molecule has 0 spiro atoms. The van der Waals surface area contributed by atoms with E-state index in [0.29, 0.717) is 5.88 Å². The first-order valence-corrected chi connectivity index (χ1v) is 8.69. The van der Waals surface area contributed by atoms with Gasteiger partial charge in [-0.3, -0.25) is 4.21 Å². The Labute approximate surface area is 121 Å². The van der Waals surface area contributed by atoms with Crippen LogP contribution in [0.25, 0.3) is 11.0 Å². The van der Waals surface area contributed by atoms with Gasteiger partial charge < -0.3 is 4.57 Å². The van der Waals surface area contributed by atoms with E-state index in [1.165, 1.54) is 5.56 Å². The maximum atomic E-state index is 11.2. The highest BCUT2D eigenvalue weighted by atomic mass is 35.5. The van der Waals surface area contributed by atoms with E-state index in [-0.39, 0.29) is 0 Å². The number of hydrogen-bond donors (Lipinski definition) is 0. The molecular formula is C14H19ClN2OS. The fraction of sp³-hybridized carbons (Fsp3) is 0.500. The molecule has 0 saturated carbocycles. The average Bonchev–Trinajstić information content (AvgIpc) is 2.67. The van der Waals surface area contributed by atoms with Crippen LogP contribution in [0.3, 0.4) is 0 Å². The van der Waals surface area contributed by atoms with Crippen molar-refractivity contribution in [3.05, 3.63) is 29.6 Å². The second-order valence-electron chi connectivity index (χ2n) is 4.74. The minimum Gasteiger partial charge on any atom is -0.328 e. The van der Waals surface area contributed by atoms with E-state index in [2.05, 4.69) is 34.7 Å². The number of fused-ring (bicyclic) bond motifs is 1. The minimum absolute atomic E-state index is 0.571. The molecule has 1 aromatic carbocycles. The lowest BCUT2D eigenvalue weighted by atomic mass is 10.2. The Morgan fingerprint density at radius 1 is 1.42 bits per heavy atom. The summed E-state index contributed by atoms with van der Waals surface area (Å²) in [6, 6.07) is 6.28. The first kappa shape index (κ1) is 14.5. The average molecular weight is 299 g/mol. The number of rotatable bonds is 6. The van der Waals surface area contributed by atoms with Crippen LogP contribution in [0.1, 0.15) is 17.8 Å². The molecule has 3 nitrogen and oxygen atoms in total. The fourth-order valence-corrected chi connectivity index (χ4v) is 2.94. The lowest BCUT2D eigenvalue weighted by Crippen LogP contribution is -2.07. The van der Waals surface area contributed by atoms with E-state index in [4.69, 9.17) is 11.6 Å². The van der Waals surface area contributed by atoms with E-state index in [9.17, 15) is 4.21 Å². The SMILES string of the molecule is Cc1ccc2nc(CCCl)n(CCCS(C)=O)c2c1. The van der Waals surface area contributed by atoms with Crippen molar-refractivity contribution in [2.24, 2.45) is 0 Å². The molecule has 5 heteroatoms. The minimum atomic E-state index is -0.735. The zero-order valence-electron chi connectivity index (χ0n) is 11.4. The lowest BCUT2D eigenvalue weighted by molar-refractivity contribution is 0.650. The molecule has 1 unspecified atom stereocenters. The zero-order chi connectivity index (χ0) is 13.8. The molecule has 0 radical (unpaired) electrons. The molecule has 0 aliphatic carbocycles. The second-order valence-corrected chi connectivity index (χ2v) is 6.67. The van der Waals surface area contributed by atoms with Crippen molar-refractivity contribution < 1.29 is 4.21 Å². The first-order chi connectivity index (χ1) is 9.11. The highest BCUT2D eigenvalue weighted by molar-refractivity contribution is 7.84. The van der Waals surface area contributed by atoms with Crippen molar-refractivity contribution in [1.82, 2.24) is 9.55 Å². The number of nitrogens with zero attached hydrogens (tertiary/aromatic N) is 2. The third-order valence-corrected chi connectivity index (χ3v) is 4.17. The number of benzene rings is 1. The summed E-state index contributed by atoms with van der Waals surface area (Å²) in [4.78, 5) is 4.64. The molecular weight excluding hydrogens is 280 g/mol.